The van der Waals surface area contributed by atoms with Crippen molar-refractivity contribution in [1.82, 2.24) is 20.2 Å². The third kappa shape index (κ3) is 4.71. The van der Waals surface area contributed by atoms with Crippen molar-refractivity contribution >= 4 is 23.7 Å². The van der Waals surface area contributed by atoms with Gasteiger partial charge in [-0.2, -0.15) is 4.98 Å². The Balaban J connectivity index is 1.68. The Morgan fingerprint density at radius 2 is 2.21 bits per heavy atom. The highest BCUT2D eigenvalue weighted by Gasteiger charge is 2.35. The van der Waals surface area contributed by atoms with Crippen LogP contribution in [0.5, 0.6) is 0 Å². The van der Waals surface area contributed by atoms with Crippen LogP contribution in [-0.2, 0) is 14.3 Å². The van der Waals surface area contributed by atoms with Gasteiger partial charge in [-0.3, -0.25) is 25.0 Å². The van der Waals surface area contributed by atoms with Crippen molar-refractivity contribution in [3.8, 4) is 0 Å². The lowest BCUT2D eigenvalue weighted by Crippen LogP contribution is -2.54. The van der Waals surface area contributed by atoms with Gasteiger partial charge in [0.25, 0.3) is 0 Å². The molecular weight excluding hydrogens is 382 g/mol. The van der Waals surface area contributed by atoms with E-state index in [1.807, 2.05) is 11.6 Å². The number of carboxylic acid groups (broad SMARTS) is 1. The Labute approximate surface area is 165 Å². The molecular formula is C17H24N7O5+. The van der Waals surface area contributed by atoms with E-state index in [0.29, 0.717) is 12.5 Å². The van der Waals surface area contributed by atoms with Crippen LogP contribution in [0.4, 0.5) is 5.82 Å². The maximum absolute atomic E-state index is 12.4. The van der Waals surface area contributed by atoms with Crippen LogP contribution in [0.3, 0.4) is 0 Å². The first-order valence-electron chi connectivity index (χ1n) is 9.05. The molecule has 0 saturated carbocycles. The summed E-state index contributed by atoms with van der Waals surface area (Å²) in [5.74, 6) is -1.07. The molecule has 0 radical (unpaired) electrons. The first-order valence-corrected chi connectivity index (χ1v) is 9.05. The van der Waals surface area contributed by atoms with Gasteiger partial charge in [-0.05, 0) is 12.1 Å². The number of ether oxygens (including phenoxy) is 1. The second-order valence-corrected chi connectivity index (χ2v) is 6.95. The lowest BCUT2D eigenvalue weighted by atomic mass is 10.1. The summed E-state index contributed by atoms with van der Waals surface area (Å²) in [6, 6.07) is 0.371. The zero-order chi connectivity index (χ0) is 21.1. The SMILES string of the molecule is C[N+]1=C(N)NC(CC(=O)N[C@H]2C=C[C@H](n3ccc(N)nc3=O)O[C@@H]2C(=O)O)CC1. The minimum Gasteiger partial charge on any atom is -0.479 e. The normalized spacial score (nSPS) is 26.7. The van der Waals surface area contributed by atoms with Crippen molar-refractivity contribution in [2.75, 3.05) is 19.3 Å². The molecule has 0 aliphatic carbocycles. The Morgan fingerprint density at radius 3 is 2.86 bits per heavy atom. The first kappa shape index (κ1) is 20.3. The number of hydrogen-bond donors (Lipinski definition) is 5. The molecule has 3 heterocycles. The minimum atomic E-state index is -1.37. The number of aliphatic carboxylic acids is 1. The zero-order valence-electron chi connectivity index (χ0n) is 15.8. The largest absolute Gasteiger partial charge is 0.479 e. The molecule has 7 N–H and O–H groups in total. The number of amides is 1. The van der Waals surface area contributed by atoms with E-state index in [9.17, 15) is 19.5 Å². The molecule has 2 aliphatic rings. The van der Waals surface area contributed by atoms with E-state index in [1.54, 1.807) is 0 Å². The van der Waals surface area contributed by atoms with E-state index < -0.39 is 30.0 Å². The molecule has 12 nitrogen and oxygen atoms in total. The average Bonchev–Trinajstić information content (AvgIpc) is 2.65. The summed E-state index contributed by atoms with van der Waals surface area (Å²) < 4.78 is 8.48. The number of hydrogen-bond acceptors (Lipinski definition) is 8. The van der Waals surface area contributed by atoms with Gasteiger partial charge in [-0.25, -0.2) is 9.59 Å². The lowest BCUT2D eigenvalue weighted by molar-refractivity contribution is -0.506. The molecule has 156 valence electrons. The molecule has 1 unspecified atom stereocenters. The Kier molecular flexibility index (Phi) is 5.82. The van der Waals surface area contributed by atoms with Gasteiger partial charge in [-0.1, -0.05) is 6.08 Å². The van der Waals surface area contributed by atoms with Crippen LogP contribution in [0.1, 0.15) is 19.1 Å². The highest BCUT2D eigenvalue weighted by Crippen LogP contribution is 2.21. The quantitative estimate of drug-likeness (QED) is 0.262. The molecule has 0 bridgehead atoms. The predicted molar refractivity (Wildman–Crippen MR) is 102 cm³/mol. The number of guanidine groups is 1. The summed E-state index contributed by atoms with van der Waals surface area (Å²) in [4.78, 5) is 39.6. The number of anilines is 1. The summed E-state index contributed by atoms with van der Waals surface area (Å²) in [6.07, 6.45) is 2.86. The monoisotopic (exact) mass is 406 g/mol. The number of nitrogens with one attached hydrogen (secondary N) is 2. The molecule has 4 atom stereocenters. The third-order valence-electron chi connectivity index (χ3n) is 4.80. The number of carbonyl (C=O) groups excluding carboxylic acids is 1. The maximum atomic E-state index is 12.4. The van der Waals surface area contributed by atoms with Crippen molar-refractivity contribution in [2.24, 2.45) is 5.73 Å². The smallest absolute Gasteiger partial charge is 0.351 e. The number of rotatable bonds is 5. The maximum Gasteiger partial charge on any atom is 0.351 e. The highest BCUT2D eigenvalue weighted by atomic mass is 16.5. The molecule has 3 rings (SSSR count). The van der Waals surface area contributed by atoms with E-state index in [-0.39, 0.29) is 24.2 Å². The Bertz CT molecular complexity index is 925. The first-order chi connectivity index (χ1) is 13.7. The molecule has 0 saturated heterocycles. The standard InChI is InChI=1S/C17H23N7O5/c1-23-6-4-9(20-16(23)19)8-12(25)21-10-2-3-13(29-14(10)15(26)27)24-7-5-11(18)22-17(24)28/h2-3,5,7,9-10,13-14H,4,6,8H2,1H3,(H6,18,19,20,21,22,25,26,27,28)/p+1/t9?,10-,13+,14-/m0/s1. The van der Waals surface area contributed by atoms with Crippen LogP contribution >= 0.6 is 0 Å². The van der Waals surface area contributed by atoms with Gasteiger partial charge in [0.05, 0.1) is 32.1 Å². The molecule has 2 aliphatic heterocycles. The minimum absolute atomic E-state index is 0.0476. The average molecular weight is 406 g/mol. The Morgan fingerprint density at radius 1 is 1.45 bits per heavy atom. The zero-order valence-corrected chi connectivity index (χ0v) is 15.8. The van der Waals surface area contributed by atoms with Gasteiger partial charge in [-0.15, -0.1) is 0 Å². The topological polar surface area (TPSA) is 178 Å². The lowest BCUT2D eigenvalue weighted by Gasteiger charge is -2.31. The third-order valence-corrected chi connectivity index (χ3v) is 4.80. The molecule has 0 fully saturated rings. The second-order valence-electron chi connectivity index (χ2n) is 6.95. The van der Waals surface area contributed by atoms with Crippen molar-refractivity contribution in [2.45, 2.75) is 37.3 Å². The van der Waals surface area contributed by atoms with Crippen molar-refractivity contribution < 1.29 is 24.0 Å². The van der Waals surface area contributed by atoms with Gasteiger partial charge in [0.15, 0.2) is 12.3 Å². The van der Waals surface area contributed by atoms with E-state index in [4.69, 9.17) is 16.2 Å². The van der Waals surface area contributed by atoms with E-state index in [0.717, 1.165) is 11.0 Å². The summed E-state index contributed by atoms with van der Waals surface area (Å²) in [7, 11) is 1.85. The van der Waals surface area contributed by atoms with Crippen LogP contribution < -0.4 is 27.8 Å². The number of nitrogens with two attached hydrogens (primary N) is 2. The fraction of sp³-hybridized carbons (Fsp3) is 0.471. The van der Waals surface area contributed by atoms with E-state index in [2.05, 4.69) is 15.6 Å². The summed E-state index contributed by atoms with van der Waals surface area (Å²) in [5.41, 5.74) is 10.6. The molecule has 0 aromatic carbocycles. The van der Waals surface area contributed by atoms with E-state index >= 15 is 0 Å². The van der Waals surface area contributed by atoms with Crippen LogP contribution in [0.25, 0.3) is 0 Å². The number of nitrogen functional groups attached to an aromatic ring is 1. The van der Waals surface area contributed by atoms with Crippen LogP contribution in [0, 0.1) is 0 Å². The second kappa shape index (κ2) is 8.31. The van der Waals surface area contributed by atoms with Gasteiger partial charge >= 0.3 is 17.6 Å². The summed E-state index contributed by atoms with van der Waals surface area (Å²) in [6.45, 7) is 0.715. The molecule has 1 aromatic heterocycles. The van der Waals surface area contributed by atoms with Crippen molar-refractivity contribution in [3.63, 3.8) is 0 Å². The Hall–Kier alpha value is -3.41. The predicted octanol–water partition coefficient (Wildman–Crippen LogP) is -2.44. The molecule has 12 heteroatoms. The number of carbonyl (C=O) groups is 2. The van der Waals surface area contributed by atoms with Crippen LogP contribution in [0.15, 0.2) is 29.2 Å². The molecule has 1 amide bonds. The molecule has 1 aromatic rings. The highest BCUT2D eigenvalue weighted by molar-refractivity contribution is 5.81. The summed E-state index contributed by atoms with van der Waals surface area (Å²) >= 11 is 0. The van der Waals surface area contributed by atoms with Crippen LogP contribution in [0.2, 0.25) is 0 Å². The number of nitrogens with zero attached hydrogens (tertiary/aromatic N) is 3. The summed E-state index contributed by atoms with van der Waals surface area (Å²) in [5, 5.41) is 15.2. The number of aromatic nitrogens is 2. The van der Waals surface area contributed by atoms with Gasteiger partial charge in [0, 0.05) is 12.6 Å². The van der Waals surface area contributed by atoms with Gasteiger partial charge < -0.3 is 20.9 Å². The van der Waals surface area contributed by atoms with E-state index in [1.165, 1.54) is 24.4 Å². The van der Waals surface area contributed by atoms with Crippen LogP contribution in [-0.4, -0.2) is 68.8 Å². The number of carboxylic acids is 1. The molecule has 0 spiro atoms. The molecule has 29 heavy (non-hydrogen) atoms. The fourth-order valence-corrected chi connectivity index (χ4v) is 3.19. The van der Waals surface area contributed by atoms with Crippen molar-refractivity contribution in [3.05, 3.63) is 34.9 Å². The van der Waals surface area contributed by atoms with Gasteiger partial charge in [0.2, 0.25) is 5.91 Å². The van der Waals surface area contributed by atoms with Gasteiger partial charge in [0.1, 0.15) is 5.82 Å². The van der Waals surface area contributed by atoms with Crippen molar-refractivity contribution in [1.29, 1.82) is 0 Å². The fourth-order valence-electron chi connectivity index (χ4n) is 3.19.